The molecule has 1 atom stereocenters. The number of pyridine rings is 4. The maximum absolute atomic E-state index is 5.34. The van der Waals surface area contributed by atoms with Crippen LogP contribution in [0.2, 0.25) is 0 Å². The van der Waals surface area contributed by atoms with Gasteiger partial charge in [-0.1, -0.05) is 115 Å². The standard InChI is InChI=1S/C52H36N6/c1-3-13-35(14-4-1)39-24-25-44-48(32-39)57-52(58-51(44)38-15-5-2-6-16-38)43-30-40(29-42(31-43)45-17-7-10-26-53-45)36-20-22-37(23-21-36)41-33-49(46-18-8-11-27-54-46)56-50(34-41)47-19-9-12-28-55-47/h1-34,51H,(H,57,58). The number of hydrogen-bond donors (Lipinski definition) is 1. The van der Waals surface area contributed by atoms with Crippen molar-refractivity contribution in [1.29, 1.82) is 0 Å². The first-order valence-corrected chi connectivity index (χ1v) is 19.3. The van der Waals surface area contributed by atoms with Crippen molar-refractivity contribution in [2.24, 2.45) is 4.99 Å². The molecule has 10 rings (SSSR count). The average molecular weight is 745 g/mol. The second-order valence-corrected chi connectivity index (χ2v) is 14.2. The number of nitrogens with zero attached hydrogens (tertiary/aromatic N) is 5. The summed E-state index contributed by atoms with van der Waals surface area (Å²) in [6.07, 6.45) is 5.43. The van der Waals surface area contributed by atoms with E-state index < -0.39 is 0 Å². The Labute approximate surface area is 337 Å². The van der Waals surface area contributed by atoms with E-state index in [1.807, 2.05) is 60.8 Å². The maximum atomic E-state index is 5.34. The third-order valence-corrected chi connectivity index (χ3v) is 10.5. The SMILES string of the molecule is c1ccc(-c2ccc3c(c2)N=C(c2cc(-c4ccc(-c5cc(-c6ccccn6)nc(-c6ccccn6)c5)cc4)cc(-c4ccccn4)c2)NC3c2ccccc2)cc1. The molecule has 58 heavy (non-hydrogen) atoms. The van der Waals surface area contributed by atoms with E-state index >= 15 is 0 Å². The summed E-state index contributed by atoms with van der Waals surface area (Å²) in [5.41, 5.74) is 15.9. The Balaban J connectivity index is 1.07. The Hall–Kier alpha value is -7.83. The summed E-state index contributed by atoms with van der Waals surface area (Å²) in [7, 11) is 0. The minimum atomic E-state index is -0.0814. The molecule has 0 saturated heterocycles. The van der Waals surface area contributed by atoms with Crippen LogP contribution in [-0.4, -0.2) is 25.8 Å². The summed E-state index contributed by atoms with van der Waals surface area (Å²) < 4.78 is 0. The first-order chi connectivity index (χ1) is 28.7. The smallest absolute Gasteiger partial charge is 0.134 e. The minimum absolute atomic E-state index is 0.0814. The summed E-state index contributed by atoms with van der Waals surface area (Å²) in [5.74, 6) is 0.808. The highest BCUT2D eigenvalue weighted by molar-refractivity contribution is 6.04. The summed E-state index contributed by atoms with van der Waals surface area (Å²) in [6.45, 7) is 0. The molecule has 9 aromatic rings. The number of aromatic nitrogens is 4. The number of benzene rings is 5. The molecule has 0 spiro atoms. The van der Waals surface area contributed by atoms with Gasteiger partial charge in [-0.15, -0.1) is 0 Å². The normalized spacial score (nSPS) is 13.2. The number of rotatable bonds is 8. The van der Waals surface area contributed by atoms with Crippen molar-refractivity contribution in [2.75, 3.05) is 0 Å². The lowest BCUT2D eigenvalue weighted by molar-refractivity contribution is 0.749. The van der Waals surface area contributed by atoms with Crippen molar-refractivity contribution >= 4 is 11.5 Å². The van der Waals surface area contributed by atoms with Gasteiger partial charge in [-0.3, -0.25) is 15.0 Å². The first kappa shape index (κ1) is 34.6. The predicted octanol–water partition coefficient (Wildman–Crippen LogP) is 12.0. The fourth-order valence-corrected chi connectivity index (χ4v) is 7.57. The molecule has 4 aromatic heterocycles. The Kier molecular flexibility index (Phi) is 9.18. The third-order valence-electron chi connectivity index (χ3n) is 10.5. The molecular weight excluding hydrogens is 709 g/mol. The van der Waals surface area contributed by atoms with E-state index in [1.165, 1.54) is 5.56 Å². The van der Waals surface area contributed by atoms with E-state index in [2.05, 4.69) is 149 Å². The van der Waals surface area contributed by atoms with Crippen LogP contribution in [0.4, 0.5) is 5.69 Å². The summed E-state index contributed by atoms with van der Waals surface area (Å²) >= 11 is 0. The molecule has 0 radical (unpaired) electrons. The van der Waals surface area contributed by atoms with Crippen LogP contribution in [0.3, 0.4) is 0 Å². The quantitative estimate of drug-likeness (QED) is 0.168. The zero-order valence-electron chi connectivity index (χ0n) is 31.4. The number of aliphatic imine (C=N–C) groups is 1. The number of amidine groups is 1. The fourth-order valence-electron chi connectivity index (χ4n) is 7.57. The minimum Gasteiger partial charge on any atom is -0.359 e. The zero-order valence-corrected chi connectivity index (χ0v) is 31.4. The van der Waals surface area contributed by atoms with Crippen molar-refractivity contribution in [2.45, 2.75) is 6.04 Å². The molecule has 6 nitrogen and oxygen atoms in total. The van der Waals surface area contributed by atoms with Gasteiger partial charge in [0.25, 0.3) is 0 Å². The second kappa shape index (κ2) is 15.4. The molecule has 1 unspecified atom stereocenters. The molecule has 1 aliphatic heterocycles. The molecule has 274 valence electrons. The van der Waals surface area contributed by atoms with E-state index in [0.29, 0.717) is 0 Å². The number of fused-ring (bicyclic) bond motifs is 1. The van der Waals surface area contributed by atoms with E-state index in [9.17, 15) is 0 Å². The molecule has 0 amide bonds. The molecule has 6 heteroatoms. The fraction of sp³-hybridized carbons (Fsp3) is 0.0192. The van der Waals surface area contributed by atoms with Crippen molar-refractivity contribution in [3.63, 3.8) is 0 Å². The maximum Gasteiger partial charge on any atom is 0.134 e. The Morgan fingerprint density at radius 1 is 0.345 bits per heavy atom. The average Bonchev–Trinajstić information content (AvgIpc) is 3.32. The number of nitrogens with one attached hydrogen (secondary N) is 1. The van der Waals surface area contributed by atoms with E-state index in [0.717, 1.165) is 90.1 Å². The van der Waals surface area contributed by atoms with Crippen molar-refractivity contribution in [1.82, 2.24) is 25.3 Å². The topological polar surface area (TPSA) is 76.0 Å². The third kappa shape index (κ3) is 7.06. The van der Waals surface area contributed by atoms with Crippen LogP contribution in [0.25, 0.3) is 67.4 Å². The van der Waals surface area contributed by atoms with Crippen LogP contribution >= 0.6 is 0 Å². The highest BCUT2D eigenvalue weighted by Crippen LogP contribution is 2.39. The van der Waals surface area contributed by atoms with Gasteiger partial charge in [0.15, 0.2) is 0 Å². The van der Waals surface area contributed by atoms with Gasteiger partial charge in [-0.2, -0.15) is 0 Å². The summed E-state index contributed by atoms with van der Waals surface area (Å²) in [6, 6.07) is 64.9. The van der Waals surface area contributed by atoms with Crippen LogP contribution in [0.15, 0.2) is 212 Å². The molecule has 0 saturated carbocycles. The molecule has 5 aromatic carbocycles. The predicted molar refractivity (Wildman–Crippen MR) is 234 cm³/mol. The van der Waals surface area contributed by atoms with Crippen LogP contribution < -0.4 is 5.32 Å². The molecule has 0 aliphatic carbocycles. The van der Waals surface area contributed by atoms with Gasteiger partial charge in [0.2, 0.25) is 0 Å². The van der Waals surface area contributed by atoms with E-state index in [1.54, 1.807) is 12.4 Å². The molecule has 5 heterocycles. The van der Waals surface area contributed by atoms with Crippen LogP contribution in [-0.2, 0) is 0 Å². The Bertz CT molecular complexity index is 2820. The largest absolute Gasteiger partial charge is 0.359 e. The second-order valence-electron chi connectivity index (χ2n) is 14.2. The van der Waals surface area contributed by atoms with Crippen LogP contribution in [0, 0.1) is 0 Å². The summed E-state index contributed by atoms with van der Waals surface area (Å²) in [5, 5.41) is 3.84. The Morgan fingerprint density at radius 3 is 1.45 bits per heavy atom. The van der Waals surface area contributed by atoms with Crippen molar-refractivity contribution in [3.05, 3.63) is 223 Å². The molecule has 1 N–H and O–H groups in total. The highest BCUT2D eigenvalue weighted by atomic mass is 15.1. The molecular formula is C52H36N6. The van der Waals surface area contributed by atoms with Crippen molar-refractivity contribution < 1.29 is 0 Å². The van der Waals surface area contributed by atoms with Gasteiger partial charge >= 0.3 is 0 Å². The first-order valence-electron chi connectivity index (χ1n) is 19.3. The monoisotopic (exact) mass is 744 g/mol. The summed E-state index contributed by atoms with van der Waals surface area (Å²) in [4.78, 5) is 24.3. The van der Waals surface area contributed by atoms with Gasteiger partial charge in [-0.25, -0.2) is 9.98 Å². The van der Waals surface area contributed by atoms with Gasteiger partial charge in [0, 0.05) is 35.3 Å². The van der Waals surface area contributed by atoms with Gasteiger partial charge in [0.05, 0.1) is 40.2 Å². The molecule has 0 fully saturated rings. The molecule has 1 aliphatic rings. The van der Waals surface area contributed by atoms with E-state index in [4.69, 9.17) is 15.0 Å². The lowest BCUT2D eigenvalue weighted by Crippen LogP contribution is -2.32. The highest BCUT2D eigenvalue weighted by Gasteiger charge is 2.25. The zero-order chi connectivity index (χ0) is 38.7. The van der Waals surface area contributed by atoms with Gasteiger partial charge in [-0.05, 0) is 112 Å². The number of hydrogen-bond acceptors (Lipinski definition) is 6. The lowest BCUT2D eigenvalue weighted by Gasteiger charge is -2.28. The van der Waals surface area contributed by atoms with Gasteiger partial charge < -0.3 is 5.32 Å². The van der Waals surface area contributed by atoms with Crippen molar-refractivity contribution in [3.8, 4) is 67.4 Å². The lowest BCUT2D eigenvalue weighted by atomic mass is 9.91. The van der Waals surface area contributed by atoms with Gasteiger partial charge in [0.1, 0.15) is 5.84 Å². The molecule has 0 bridgehead atoms. The van der Waals surface area contributed by atoms with E-state index in [-0.39, 0.29) is 6.04 Å². The van der Waals surface area contributed by atoms with Crippen LogP contribution in [0.1, 0.15) is 22.7 Å². The van der Waals surface area contributed by atoms with Crippen LogP contribution in [0.5, 0.6) is 0 Å². The Morgan fingerprint density at radius 2 is 0.845 bits per heavy atom.